The Morgan fingerprint density at radius 2 is 2.04 bits per heavy atom. The fraction of sp³-hybridized carbons (Fsp3) is 0.438. The Morgan fingerprint density at radius 1 is 1.27 bits per heavy atom. The molecule has 1 aliphatic rings. The van der Waals surface area contributed by atoms with E-state index >= 15 is 0 Å². The van der Waals surface area contributed by atoms with Crippen molar-refractivity contribution in [1.82, 2.24) is 29.3 Å². The highest BCUT2D eigenvalue weighted by atomic mass is 32.1. The van der Waals surface area contributed by atoms with Crippen molar-refractivity contribution in [3.63, 3.8) is 0 Å². The van der Waals surface area contributed by atoms with Crippen molar-refractivity contribution in [3.05, 3.63) is 44.9 Å². The van der Waals surface area contributed by atoms with Crippen LogP contribution in [0.3, 0.4) is 0 Å². The maximum absolute atomic E-state index is 12.8. The number of piperazine rings is 1. The molecule has 0 saturated carbocycles. The third-order valence-corrected chi connectivity index (χ3v) is 5.26. The largest absolute Gasteiger partial charge is 0.340 e. The predicted octanol–water partition coefficient (Wildman–Crippen LogP) is 0.714. The number of aryl methyl sites for hydroxylation is 2. The van der Waals surface area contributed by atoms with E-state index in [9.17, 15) is 9.59 Å². The second-order valence-corrected chi connectivity index (χ2v) is 7.48. The van der Waals surface area contributed by atoms with Gasteiger partial charge in [0, 0.05) is 50.4 Å². The summed E-state index contributed by atoms with van der Waals surface area (Å²) in [7, 11) is 0. The van der Waals surface area contributed by atoms with Gasteiger partial charge in [0.1, 0.15) is 5.56 Å². The smallest absolute Gasteiger partial charge is 0.271 e. The van der Waals surface area contributed by atoms with Gasteiger partial charge in [-0.15, -0.1) is 11.3 Å². The average molecular weight is 374 g/mol. The molecule has 1 fully saturated rings. The maximum atomic E-state index is 12.8. The first-order valence-corrected chi connectivity index (χ1v) is 9.11. The van der Waals surface area contributed by atoms with Gasteiger partial charge < -0.3 is 9.42 Å². The lowest BCUT2D eigenvalue weighted by molar-refractivity contribution is 0.0622. The molecule has 1 aliphatic heterocycles. The van der Waals surface area contributed by atoms with E-state index in [0.717, 1.165) is 4.88 Å². The van der Waals surface area contributed by atoms with Crippen molar-refractivity contribution in [2.45, 2.75) is 20.4 Å². The number of hydrogen-bond acceptors (Lipinski definition) is 8. The fourth-order valence-corrected chi connectivity index (χ4v) is 3.81. The Labute approximate surface area is 152 Å². The van der Waals surface area contributed by atoms with Gasteiger partial charge in [0.2, 0.25) is 5.89 Å². The van der Waals surface area contributed by atoms with Gasteiger partial charge in [0.15, 0.2) is 10.8 Å². The summed E-state index contributed by atoms with van der Waals surface area (Å²) in [5.41, 5.74) is -0.198. The Kier molecular flexibility index (Phi) is 4.29. The van der Waals surface area contributed by atoms with Gasteiger partial charge in [-0.2, -0.15) is 4.98 Å². The molecule has 0 radical (unpaired) electrons. The number of nitrogens with zero attached hydrogens (tertiary/aromatic N) is 6. The number of carbonyl (C=O) groups excluding carboxylic acids is 1. The minimum absolute atomic E-state index is 0.113. The lowest BCUT2D eigenvalue weighted by Gasteiger charge is -2.33. The number of rotatable bonds is 3. The molecule has 0 spiro atoms. The van der Waals surface area contributed by atoms with Crippen molar-refractivity contribution in [2.24, 2.45) is 0 Å². The lowest BCUT2D eigenvalue weighted by atomic mass is 10.2. The molecule has 0 N–H and O–H groups in total. The first-order chi connectivity index (χ1) is 12.5. The molecule has 3 aromatic rings. The average Bonchev–Trinajstić information content (AvgIpc) is 3.21. The van der Waals surface area contributed by atoms with Crippen LogP contribution in [0.5, 0.6) is 0 Å². The molecule has 9 nitrogen and oxygen atoms in total. The molecule has 10 heteroatoms. The molecule has 0 bridgehead atoms. The van der Waals surface area contributed by atoms with Crippen LogP contribution in [0.4, 0.5) is 0 Å². The molecule has 0 aromatic carbocycles. The lowest BCUT2D eigenvalue weighted by Crippen LogP contribution is -2.49. The standard InChI is InChI=1S/C16H18N6O3S/c1-10-8-22-15(24)12(7-17-16(22)26-10)14(23)21-5-3-20(4-6-21)9-13-18-11(2)25-19-13/h7-8H,3-6,9H2,1-2H3. The number of aromatic nitrogens is 4. The van der Waals surface area contributed by atoms with Crippen LogP contribution in [-0.2, 0) is 6.54 Å². The van der Waals surface area contributed by atoms with Crippen molar-refractivity contribution < 1.29 is 9.32 Å². The van der Waals surface area contributed by atoms with E-state index in [4.69, 9.17) is 4.52 Å². The first kappa shape index (κ1) is 16.9. The zero-order valence-corrected chi connectivity index (χ0v) is 15.3. The van der Waals surface area contributed by atoms with E-state index in [1.807, 2.05) is 6.92 Å². The summed E-state index contributed by atoms with van der Waals surface area (Å²) in [5.74, 6) is 0.916. The number of fused-ring (bicyclic) bond motifs is 1. The maximum Gasteiger partial charge on any atom is 0.271 e. The summed E-state index contributed by atoms with van der Waals surface area (Å²) in [6.07, 6.45) is 3.11. The SMILES string of the molecule is Cc1nc(CN2CCN(C(=O)c3cnc4sc(C)cn4c3=O)CC2)no1. The van der Waals surface area contributed by atoms with Gasteiger partial charge in [0.25, 0.3) is 11.5 Å². The van der Waals surface area contributed by atoms with Gasteiger partial charge in [0.05, 0.1) is 6.54 Å². The molecule has 4 rings (SSSR count). The molecule has 136 valence electrons. The molecular weight excluding hydrogens is 356 g/mol. The molecule has 0 unspecified atom stereocenters. The second kappa shape index (κ2) is 6.61. The van der Waals surface area contributed by atoms with E-state index in [1.165, 1.54) is 21.9 Å². The normalized spacial score (nSPS) is 15.7. The zero-order valence-electron chi connectivity index (χ0n) is 14.5. The van der Waals surface area contributed by atoms with Crippen molar-refractivity contribution >= 4 is 22.2 Å². The van der Waals surface area contributed by atoms with Gasteiger partial charge in [-0.25, -0.2) is 4.98 Å². The fourth-order valence-electron chi connectivity index (χ4n) is 3.03. The Hall–Kier alpha value is -2.59. The monoisotopic (exact) mass is 374 g/mol. The van der Waals surface area contributed by atoms with Crippen molar-refractivity contribution in [2.75, 3.05) is 26.2 Å². The minimum Gasteiger partial charge on any atom is -0.340 e. The molecule has 0 atom stereocenters. The molecule has 3 aromatic heterocycles. The Morgan fingerprint density at radius 3 is 2.73 bits per heavy atom. The highest BCUT2D eigenvalue weighted by molar-refractivity contribution is 7.16. The van der Waals surface area contributed by atoms with Crippen LogP contribution < -0.4 is 5.56 Å². The summed E-state index contributed by atoms with van der Waals surface area (Å²) in [6.45, 7) is 6.71. The van der Waals surface area contributed by atoms with Gasteiger partial charge in [-0.1, -0.05) is 5.16 Å². The number of thiazole rings is 1. The highest BCUT2D eigenvalue weighted by Gasteiger charge is 2.25. The minimum atomic E-state index is -0.311. The molecule has 1 saturated heterocycles. The summed E-state index contributed by atoms with van der Waals surface area (Å²) in [5, 5.41) is 3.89. The van der Waals surface area contributed by atoms with Crippen LogP contribution in [0.2, 0.25) is 0 Å². The third-order valence-electron chi connectivity index (χ3n) is 4.35. The van der Waals surface area contributed by atoms with Crippen LogP contribution in [0, 0.1) is 13.8 Å². The van der Waals surface area contributed by atoms with E-state index in [2.05, 4.69) is 20.0 Å². The number of carbonyl (C=O) groups is 1. The second-order valence-electron chi connectivity index (χ2n) is 6.27. The van der Waals surface area contributed by atoms with Crippen molar-refractivity contribution in [1.29, 1.82) is 0 Å². The Balaban J connectivity index is 1.45. The van der Waals surface area contributed by atoms with E-state index < -0.39 is 0 Å². The molecular formula is C16H18N6O3S. The molecule has 26 heavy (non-hydrogen) atoms. The Bertz CT molecular complexity index is 1010. The van der Waals surface area contributed by atoms with Crippen LogP contribution in [0.25, 0.3) is 4.96 Å². The number of amides is 1. The zero-order chi connectivity index (χ0) is 18.3. The van der Waals surface area contributed by atoms with Crippen LogP contribution in [0.1, 0.15) is 27.0 Å². The summed E-state index contributed by atoms with van der Waals surface area (Å²) < 4.78 is 6.42. The first-order valence-electron chi connectivity index (χ1n) is 8.30. The van der Waals surface area contributed by atoms with E-state index in [1.54, 1.807) is 18.0 Å². The highest BCUT2D eigenvalue weighted by Crippen LogP contribution is 2.14. The molecule has 0 aliphatic carbocycles. The predicted molar refractivity (Wildman–Crippen MR) is 94.3 cm³/mol. The van der Waals surface area contributed by atoms with Gasteiger partial charge in [-0.05, 0) is 6.92 Å². The van der Waals surface area contributed by atoms with Crippen LogP contribution in [0.15, 0.2) is 21.7 Å². The van der Waals surface area contributed by atoms with Crippen molar-refractivity contribution in [3.8, 4) is 0 Å². The van der Waals surface area contributed by atoms with Crippen LogP contribution >= 0.6 is 11.3 Å². The summed E-state index contributed by atoms with van der Waals surface area (Å²) in [6, 6.07) is 0. The molecule has 1 amide bonds. The van der Waals surface area contributed by atoms with Gasteiger partial charge in [-0.3, -0.25) is 18.9 Å². The number of hydrogen-bond donors (Lipinski definition) is 0. The topological polar surface area (TPSA) is 96.8 Å². The summed E-state index contributed by atoms with van der Waals surface area (Å²) >= 11 is 1.43. The van der Waals surface area contributed by atoms with E-state index in [-0.39, 0.29) is 17.0 Å². The molecule has 4 heterocycles. The van der Waals surface area contributed by atoms with Crippen LogP contribution in [-0.4, -0.2) is 61.4 Å². The van der Waals surface area contributed by atoms with Gasteiger partial charge >= 0.3 is 0 Å². The quantitative estimate of drug-likeness (QED) is 0.666. The van der Waals surface area contributed by atoms with E-state index in [0.29, 0.717) is 49.4 Å². The third kappa shape index (κ3) is 3.13. The summed E-state index contributed by atoms with van der Waals surface area (Å²) in [4.78, 5) is 39.2.